The Morgan fingerprint density at radius 3 is 2.70 bits per heavy atom. The van der Waals surface area contributed by atoms with Crippen molar-refractivity contribution in [2.75, 3.05) is 6.54 Å². The molecule has 0 aliphatic carbocycles. The highest BCUT2D eigenvalue weighted by molar-refractivity contribution is 7.99. The number of halogens is 2. The van der Waals surface area contributed by atoms with Gasteiger partial charge in [0.25, 0.3) is 0 Å². The minimum Gasteiger partial charge on any atom is -0.313 e. The molecule has 20 heavy (non-hydrogen) atoms. The van der Waals surface area contributed by atoms with Crippen LogP contribution >= 0.6 is 35.0 Å². The summed E-state index contributed by atoms with van der Waals surface area (Å²) in [6, 6.07) is 9.60. The first-order valence-electron chi connectivity index (χ1n) is 6.49. The molecule has 0 aliphatic rings. The Bertz CT molecular complexity index is 576. The Hall–Kier alpha value is -0.740. The summed E-state index contributed by atoms with van der Waals surface area (Å²) in [6.07, 6.45) is 2.84. The lowest BCUT2D eigenvalue weighted by atomic mass is 10.2. The molecule has 0 fully saturated rings. The molecule has 5 heteroatoms. The summed E-state index contributed by atoms with van der Waals surface area (Å²) in [7, 11) is 0. The summed E-state index contributed by atoms with van der Waals surface area (Å²) in [5.74, 6) is 0. The van der Waals surface area contributed by atoms with Gasteiger partial charge in [-0.05, 0) is 36.7 Å². The van der Waals surface area contributed by atoms with Crippen molar-refractivity contribution < 1.29 is 0 Å². The molecule has 2 nitrogen and oxygen atoms in total. The van der Waals surface area contributed by atoms with Gasteiger partial charge in [-0.1, -0.05) is 54.0 Å². The maximum Gasteiger partial charge on any atom is 0.119 e. The van der Waals surface area contributed by atoms with E-state index >= 15 is 0 Å². The standard InChI is InChI=1S/C15H16Cl2N2S/c1-2-8-18-10-11-5-3-6-12(16)14(11)20-15-13(17)7-4-9-19-15/h3-7,9,18H,2,8,10H2,1H3. The number of pyridine rings is 1. The molecule has 1 heterocycles. The van der Waals surface area contributed by atoms with Gasteiger partial charge in [0, 0.05) is 17.6 Å². The Balaban J connectivity index is 2.23. The third-order valence-corrected chi connectivity index (χ3v) is 4.76. The van der Waals surface area contributed by atoms with Crippen LogP contribution in [0, 0.1) is 0 Å². The molecular formula is C15H16Cl2N2S. The van der Waals surface area contributed by atoms with E-state index in [0.717, 1.165) is 40.0 Å². The van der Waals surface area contributed by atoms with Gasteiger partial charge in [0.05, 0.1) is 10.0 Å². The van der Waals surface area contributed by atoms with E-state index < -0.39 is 0 Å². The number of nitrogens with one attached hydrogen (secondary N) is 1. The van der Waals surface area contributed by atoms with E-state index in [0.29, 0.717) is 5.02 Å². The number of rotatable bonds is 6. The molecule has 0 unspecified atom stereocenters. The maximum absolute atomic E-state index is 6.32. The molecule has 2 aromatic rings. The first kappa shape index (κ1) is 15.6. The first-order valence-corrected chi connectivity index (χ1v) is 8.06. The molecule has 0 amide bonds. The van der Waals surface area contributed by atoms with E-state index in [-0.39, 0.29) is 0 Å². The van der Waals surface area contributed by atoms with Gasteiger partial charge in [0.2, 0.25) is 0 Å². The predicted molar refractivity (Wildman–Crippen MR) is 86.8 cm³/mol. The van der Waals surface area contributed by atoms with E-state index in [1.807, 2.05) is 24.3 Å². The van der Waals surface area contributed by atoms with Crippen LogP contribution in [-0.4, -0.2) is 11.5 Å². The van der Waals surface area contributed by atoms with Crippen LogP contribution in [0.1, 0.15) is 18.9 Å². The average molecular weight is 327 g/mol. The van der Waals surface area contributed by atoms with Gasteiger partial charge >= 0.3 is 0 Å². The molecule has 1 aromatic heterocycles. The lowest BCUT2D eigenvalue weighted by Gasteiger charge is -2.12. The highest BCUT2D eigenvalue weighted by Gasteiger charge is 2.11. The van der Waals surface area contributed by atoms with E-state index in [2.05, 4.69) is 23.3 Å². The molecule has 2 rings (SSSR count). The van der Waals surface area contributed by atoms with Crippen molar-refractivity contribution in [2.24, 2.45) is 0 Å². The maximum atomic E-state index is 6.32. The Labute approximate surface area is 133 Å². The van der Waals surface area contributed by atoms with Crippen molar-refractivity contribution >= 4 is 35.0 Å². The molecule has 0 aliphatic heterocycles. The zero-order valence-corrected chi connectivity index (χ0v) is 13.5. The molecular weight excluding hydrogens is 311 g/mol. The van der Waals surface area contributed by atoms with Crippen molar-refractivity contribution in [3.63, 3.8) is 0 Å². The van der Waals surface area contributed by atoms with Gasteiger partial charge < -0.3 is 5.32 Å². The third kappa shape index (κ3) is 4.13. The second-order valence-corrected chi connectivity index (χ2v) is 6.11. The zero-order chi connectivity index (χ0) is 14.4. The van der Waals surface area contributed by atoms with Gasteiger partial charge in [-0.15, -0.1) is 0 Å². The SMILES string of the molecule is CCCNCc1cccc(Cl)c1Sc1ncccc1Cl. The van der Waals surface area contributed by atoms with E-state index in [4.69, 9.17) is 23.2 Å². The van der Waals surface area contributed by atoms with Gasteiger partial charge in [-0.2, -0.15) is 0 Å². The molecule has 0 radical (unpaired) electrons. The second-order valence-electron chi connectivity index (χ2n) is 4.30. The number of hydrogen-bond acceptors (Lipinski definition) is 3. The largest absolute Gasteiger partial charge is 0.313 e. The van der Waals surface area contributed by atoms with Gasteiger partial charge in [0.15, 0.2) is 0 Å². The monoisotopic (exact) mass is 326 g/mol. The molecule has 1 N–H and O–H groups in total. The average Bonchev–Trinajstić information content (AvgIpc) is 2.44. The molecule has 0 spiro atoms. The molecule has 0 saturated carbocycles. The molecule has 0 saturated heterocycles. The van der Waals surface area contributed by atoms with Crippen LogP contribution in [0.25, 0.3) is 0 Å². The molecule has 106 valence electrons. The Morgan fingerprint density at radius 2 is 1.95 bits per heavy atom. The number of aromatic nitrogens is 1. The normalized spacial score (nSPS) is 10.8. The lowest BCUT2D eigenvalue weighted by Crippen LogP contribution is -2.14. The van der Waals surface area contributed by atoms with Crippen LogP contribution in [0.2, 0.25) is 10.0 Å². The van der Waals surface area contributed by atoms with E-state index in [1.54, 1.807) is 6.20 Å². The van der Waals surface area contributed by atoms with Crippen LogP contribution < -0.4 is 5.32 Å². The Morgan fingerprint density at radius 1 is 1.15 bits per heavy atom. The van der Waals surface area contributed by atoms with E-state index in [1.165, 1.54) is 11.8 Å². The summed E-state index contributed by atoms with van der Waals surface area (Å²) in [5.41, 5.74) is 1.16. The third-order valence-electron chi connectivity index (χ3n) is 2.71. The quantitative estimate of drug-likeness (QED) is 0.753. The first-order chi connectivity index (χ1) is 9.72. The lowest BCUT2D eigenvalue weighted by molar-refractivity contribution is 0.669. The van der Waals surface area contributed by atoms with Crippen molar-refractivity contribution in [3.8, 4) is 0 Å². The van der Waals surface area contributed by atoms with Crippen LogP contribution in [0.3, 0.4) is 0 Å². The van der Waals surface area contributed by atoms with E-state index in [9.17, 15) is 0 Å². The number of hydrogen-bond donors (Lipinski definition) is 1. The number of nitrogens with zero attached hydrogens (tertiary/aromatic N) is 1. The second kappa shape index (κ2) is 7.89. The van der Waals surface area contributed by atoms with Crippen LogP contribution in [0.4, 0.5) is 0 Å². The van der Waals surface area contributed by atoms with Crippen molar-refractivity contribution in [1.82, 2.24) is 10.3 Å². The Kier molecular flexibility index (Phi) is 6.17. The summed E-state index contributed by atoms with van der Waals surface area (Å²) in [4.78, 5) is 5.32. The van der Waals surface area contributed by atoms with Crippen molar-refractivity contribution in [2.45, 2.75) is 29.8 Å². The fourth-order valence-electron chi connectivity index (χ4n) is 1.75. The molecule has 1 aromatic carbocycles. The molecule has 0 atom stereocenters. The zero-order valence-electron chi connectivity index (χ0n) is 11.2. The molecule has 0 bridgehead atoms. The van der Waals surface area contributed by atoms with Crippen molar-refractivity contribution in [3.05, 3.63) is 52.1 Å². The summed E-state index contributed by atoms with van der Waals surface area (Å²) < 4.78 is 0. The van der Waals surface area contributed by atoms with Crippen LogP contribution in [0.15, 0.2) is 46.5 Å². The van der Waals surface area contributed by atoms with Crippen LogP contribution in [0.5, 0.6) is 0 Å². The van der Waals surface area contributed by atoms with Gasteiger partial charge in [0.1, 0.15) is 5.03 Å². The summed E-state index contributed by atoms with van der Waals surface area (Å²) in [6.45, 7) is 3.93. The highest BCUT2D eigenvalue weighted by Crippen LogP contribution is 2.37. The fraction of sp³-hybridized carbons (Fsp3) is 0.267. The van der Waals surface area contributed by atoms with Gasteiger partial charge in [-0.3, -0.25) is 0 Å². The fourth-order valence-corrected chi connectivity index (χ4v) is 3.21. The minimum atomic E-state index is 0.643. The smallest absolute Gasteiger partial charge is 0.119 e. The highest BCUT2D eigenvalue weighted by atomic mass is 35.5. The topological polar surface area (TPSA) is 24.9 Å². The summed E-state index contributed by atoms with van der Waals surface area (Å²) >= 11 is 14.0. The minimum absolute atomic E-state index is 0.643. The van der Waals surface area contributed by atoms with Gasteiger partial charge in [-0.25, -0.2) is 4.98 Å². The predicted octanol–water partition coefficient (Wildman–Crippen LogP) is 5.04. The number of benzene rings is 1. The summed E-state index contributed by atoms with van der Waals surface area (Å²) in [5, 5.41) is 5.54. The van der Waals surface area contributed by atoms with Crippen LogP contribution in [-0.2, 0) is 6.54 Å². The van der Waals surface area contributed by atoms with Crippen molar-refractivity contribution in [1.29, 1.82) is 0 Å².